The molecular formula is C21H23NO3S. The summed E-state index contributed by atoms with van der Waals surface area (Å²) in [5.74, 6) is -0.277. The first-order valence-corrected chi connectivity index (χ1v) is 10.3. The van der Waals surface area contributed by atoms with E-state index < -0.39 is 15.9 Å². The van der Waals surface area contributed by atoms with Gasteiger partial charge < -0.3 is 4.90 Å². The minimum atomic E-state index is -3.27. The number of sulfone groups is 1. The lowest BCUT2D eigenvalue weighted by molar-refractivity contribution is 0.0983. The molecule has 0 bridgehead atoms. The number of anilines is 1. The molecule has 0 aromatic heterocycles. The number of carbonyl (C=O) groups is 1. The van der Waals surface area contributed by atoms with Crippen LogP contribution in [0.15, 0.2) is 47.9 Å². The zero-order valence-electron chi connectivity index (χ0n) is 15.5. The molecule has 0 unspecified atom stereocenters. The Balaban J connectivity index is 2.09. The van der Waals surface area contributed by atoms with E-state index in [1.165, 1.54) is 5.41 Å². The van der Waals surface area contributed by atoms with E-state index in [2.05, 4.69) is 0 Å². The minimum absolute atomic E-state index is 0.0867. The average Bonchev–Trinajstić information content (AvgIpc) is 2.89. The van der Waals surface area contributed by atoms with Crippen LogP contribution in [0.4, 0.5) is 5.69 Å². The zero-order chi connectivity index (χ0) is 19.1. The standard InChI is InChI=1S/C21H23NO3S/c1-14-9-15(2)11-20(10-14)22(19-7-8-26(24,25)13-19)21(23)18-6-5-16(3)17(4)12-18/h5-12,19H,13H2,1-4H3/t19-/m0/s1. The first-order chi connectivity index (χ1) is 12.2. The topological polar surface area (TPSA) is 54.5 Å². The first kappa shape index (κ1) is 18.4. The number of aryl methyl sites for hydroxylation is 4. The molecule has 1 heterocycles. The Morgan fingerprint density at radius 2 is 1.62 bits per heavy atom. The molecule has 136 valence electrons. The van der Waals surface area contributed by atoms with Gasteiger partial charge in [-0.2, -0.15) is 0 Å². The highest BCUT2D eigenvalue weighted by atomic mass is 32.2. The second kappa shape index (κ2) is 6.72. The van der Waals surface area contributed by atoms with Gasteiger partial charge in [-0.1, -0.05) is 12.1 Å². The molecule has 3 rings (SSSR count). The summed E-state index contributed by atoms with van der Waals surface area (Å²) in [4.78, 5) is 14.9. The zero-order valence-corrected chi connectivity index (χ0v) is 16.3. The van der Waals surface area contributed by atoms with Gasteiger partial charge in [0.1, 0.15) is 0 Å². The Labute approximate surface area is 155 Å². The van der Waals surface area contributed by atoms with Gasteiger partial charge in [0.05, 0.1) is 11.8 Å². The molecule has 0 fully saturated rings. The van der Waals surface area contributed by atoms with Crippen molar-refractivity contribution in [3.05, 3.63) is 75.7 Å². The van der Waals surface area contributed by atoms with Crippen molar-refractivity contribution in [3.8, 4) is 0 Å². The van der Waals surface area contributed by atoms with Crippen LogP contribution < -0.4 is 4.90 Å². The number of nitrogens with zero attached hydrogens (tertiary/aromatic N) is 1. The van der Waals surface area contributed by atoms with Gasteiger partial charge in [0.15, 0.2) is 9.84 Å². The van der Waals surface area contributed by atoms with E-state index in [9.17, 15) is 13.2 Å². The molecule has 5 heteroatoms. The summed E-state index contributed by atoms with van der Waals surface area (Å²) >= 11 is 0. The van der Waals surface area contributed by atoms with Crippen molar-refractivity contribution in [1.82, 2.24) is 0 Å². The van der Waals surface area contributed by atoms with Gasteiger partial charge in [-0.15, -0.1) is 0 Å². The van der Waals surface area contributed by atoms with Crippen molar-refractivity contribution < 1.29 is 13.2 Å². The van der Waals surface area contributed by atoms with E-state index >= 15 is 0 Å². The summed E-state index contributed by atoms with van der Waals surface area (Å²) in [5, 5.41) is 1.21. The highest BCUT2D eigenvalue weighted by molar-refractivity contribution is 7.94. The second-order valence-electron chi connectivity index (χ2n) is 7.05. The lowest BCUT2D eigenvalue weighted by Crippen LogP contribution is -2.41. The Kier molecular flexibility index (Phi) is 4.76. The molecule has 1 amide bonds. The van der Waals surface area contributed by atoms with E-state index in [1.54, 1.807) is 17.0 Å². The van der Waals surface area contributed by atoms with Gasteiger partial charge in [-0.3, -0.25) is 4.79 Å². The largest absolute Gasteiger partial charge is 0.300 e. The third-order valence-corrected chi connectivity index (χ3v) is 6.08. The van der Waals surface area contributed by atoms with Crippen molar-refractivity contribution in [2.45, 2.75) is 33.7 Å². The summed E-state index contributed by atoms with van der Waals surface area (Å²) < 4.78 is 23.9. The number of rotatable bonds is 3. The number of amides is 1. The second-order valence-corrected chi connectivity index (χ2v) is 8.98. The van der Waals surface area contributed by atoms with E-state index in [0.717, 1.165) is 27.9 Å². The molecular weight excluding hydrogens is 346 g/mol. The lowest BCUT2D eigenvalue weighted by atomic mass is 10.0. The van der Waals surface area contributed by atoms with Crippen LogP contribution in [-0.2, 0) is 9.84 Å². The predicted octanol–water partition coefficient (Wildman–Crippen LogP) is 3.88. The molecule has 0 saturated carbocycles. The Morgan fingerprint density at radius 1 is 0.962 bits per heavy atom. The highest BCUT2D eigenvalue weighted by Gasteiger charge is 2.32. The molecule has 1 aliphatic rings. The van der Waals surface area contributed by atoms with Crippen LogP contribution >= 0.6 is 0 Å². The summed E-state index contributed by atoms with van der Waals surface area (Å²) in [6, 6.07) is 11.0. The maximum atomic E-state index is 13.3. The van der Waals surface area contributed by atoms with E-state index in [4.69, 9.17) is 0 Å². The van der Waals surface area contributed by atoms with Crippen molar-refractivity contribution >= 4 is 21.4 Å². The lowest BCUT2D eigenvalue weighted by Gasteiger charge is -2.28. The SMILES string of the molecule is Cc1cc(C)cc(N(C(=O)c2ccc(C)c(C)c2)[C@H]2C=CS(=O)(=O)C2)c1. The van der Waals surface area contributed by atoms with Gasteiger partial charge in [0.2, 0.25) is 0 Å². The maximum absolute atomic E-state index is 13.3. The number of carbonyl (C=O) groups excluding carboxylic acids is 1. The molecule has 26 heavy (non-hydrogen) atoms. The maximum Gasteiger partial charge on any atom is 0.258 e. The third-order valence-electron chi connectivity index (χ3n) is 4.70. The molecule has 2 aromatic rings. The summed E-state index contributed by atoms with van der Waals surface area (Å²) in [5.41, 5.74) is 5.49. The molecule has 2 aromatic carbocycles. The normalized spacial score (nSPS) is 18.1. The van der Waals surface area contributed by atoms with Gasteiger partial charge in [-0.05, 0) is 80.3 Å². The predicted molar refractivity (Wildman–Crippen MR) is 105 cm³/mol. The Bertz CT molecular complexity index is 986. The molecule has 0 N–H and O–H groups in total. The van der Waals surface area contributed by atoms with Crippen molar-refractivity contribution in [2.24, 2.45) is 0 Å². The van der Waals surface area contributed by atoms with Crippen LogP contribution in [0.2, 0.25) is 0 Å². The van der Waals surface area contributed by atoms with Crippen LogP contribution in [-0.4, -0.2) is 26.1 Å². The molecule has 1 aliphatic heterocycles. The first-order valence-electron chi connectivity index (χ1n) is 8.56. The number of hydrogen-bond acceptors (Lipinski definition) is 3. The summed E-state index contributed by atoms with van der Waals surface area (Å²) in [6.07, 6.45) is 1.60. The minimum Gasteiger partial charge on any atom is -0.300 e. The average molecular weight is 369 g/mol. The Morgan fingerprint density at radius 3 is 2.15 bits per heavy atom. The molecule has 0 spiro atoms. The fourth-order valence-electron chi connectivity index (χ4n) is 3.28. The van der Waals surface area contributed by atoms with Gasteiger partial charge in [0, 0.05) is 16.7 Å². The van der Waals surface area contributed by atoms with Crippen LogP contribution in [0.3, 0.4) is 0 Å². The smallest absolute Gasteiger partial charge is 0.258 e. The third kappa shape index (κ3) is 3.73. The van der Waals surface area contributed by atoms with Crippen molar-refractivity contribution in [2.75, 3.05) is 10.7 Å². The van der Waals surface area contributed by atoms with Crippen LogP contribution in [0.1, 0.15) is 32.6 Å². The molecule has 0 radical (unpaired) electrons. The highest BCUT2D eigenvalue weighted by Crippen LogP contribution is 2.27. The number of benzene rings is 2. The molecule has 0 saturated heterocycles. The quantitative estimate of drug-likeness (QED) is 0.825. The van der Waals surface area contributed by atoms with Gasteiger partial charge >= 0.3 is 0 Å². The van der Waals surface area contributed by atoms with Crippen molar-refractivity contribution in [1.29, 1.82) is 0 Å². The van der Waals surface area contributed by atoms with E-state index in [-0.39, 0.29) is 11.7 Å². The van der Waals surface area contributed by atoms with Crippen LogP contribution in [0.25, 0.3) is 0 Å². The molecule has 0 aliphatic carbocycles. The van der Waals surface area contributed by atoms with Gasteiger partial charge in [-0.25, -0.2) is 8.42 Å². The van der Waals surface area contributed by atoms with Gasteiger partial charge in [0.25, 0.3) is 5.91 Å². The number of hydrogen-bond donors (Lipinski definition) is 0. The fraction of sp³-hybridized carbons (Fsp3) is 0.286. The molecule has 1 atom stereocenters. The van der Waals surface area contributed by atoms with E-state index in [0.29, 0.717) is 5.56 Å². The Hall–Kier alpha value is -2.40. The molecule has 4 nitrogen and oxygen atoms in total. The monoisotopic (exact) mass is 369 g/mol. The fourth-order valence-corrected chi connectivity index (χ4v) is 4.55. The van der Waals surface area contributed by atoms with E-state index in [1.807, 2.05) is 58.0 Å². The summed E-state index contributed by atoms with van der Waals surface area (Å²) in [7, 11) is -3.27. The summed E-state index contributed by atoms with van der Waals surface area (Å²) in [6.45, 7) is 7.90. The van der Waals surface area contributed by atoms with Crippen LogP contribution in [0.5, 0.6) is 0 Å². The van der Waals surface area contributed by atoms with Crippen molar-refractivity contribution in [3.63, 3.8) is 0 Å². The van der Waals surface area contributed by atoms with Crippen LogP contribution in [0, 0.1) is 27.7 Å².